The van der Waals surface area contributed by atoms with Gasteiger partial charge in [0.2, 0.25) is 0 Å². The van der Waals surface area contributed by atoms with E-state index in [1.165, 1.54) is 13.3 Å². The van der Waals surface area contributed by atoms with Crippen LogP contribution in [0.15, 0.2) is 36.0 Å². The smallest absolute Gasteiger partial charge is 0.188 e. The fourth-order valence-electron chi connectivity index (χ4n) is 1.05. The van der Waals surface area contributed by atoms with Crippen LogP contribution < -0.4 is 10.1 Å². The largest absolute Gasteiger partial charge is 0.467 e. The second kappa shape index (κ2) is 6.89. The van der Waals surface area contributed by atoms with Crippen LogP contribution in [0.3, 0.4) is 0 Å². The van der Waals surface area contributed by atoms with Crippen molar-refractivity contribution in [2.24, 2.45) is 0 Å². The van der Waals surface area contributed by atoms with Gasteiger partial charge in [-0.15, -0.1) is 0 Å². The molecule has 0 aliphatic carbocycles. The maximum atomic E-state index is 8.55. The van der Waals surface area contributed by atoms with Gasteiger partial charge in [-0.2, -0.15) is 10.5 Å². The van der Waals surface area contributed by atoms with Crippen molar-refractivity contribution >= 4 is 5.69 Å². The summed E-state index contributed by atoms with van der Waals surface area (Å²) in [5.41, 5.74) is 0.731. The maximum Gasteiger partial charge on any atom is 0.188 e. The van der Waals surface area contributed by atoms with Crippen molar-refractivity contribution in [1.82, 2.24) is 0 Å². The van der Waals surface area contributed by atoms with Gasteiger partial charge in [0.05, 0.1) is 0 Å². The molecule has 0 aliphatic rings. The highest BCUT2D eigenvalue weighted by Crippen LogP contribution is 2.17. The standard InChI is InChI=1S/C12H11N3O2/c1-16-9-17-12-4-2-3-11(5-12)15-8-10(6-13)7-14/h2-5,8,15H,9H2,1H3. The number of anilines is 1. The van der Waals surface area contributed by atoms with Gasteiger partial charge in [-0.3, -0.25) is 0 Å². The van der Waals surface area contributed by atoms with Crippen molar-refractivity contribution in [2.75, 3.05) is 19.2 Å². The van der Waals surface area contributed by atoms with E-state index < -0.39 is 0 Å². The normalized spacial score (nSPS) is 8.65. The summed E-state index contributed by atoms with van der Waals surface area (Å²) in [5, 5.41) is 19.9. The first kappa shape index (κ1) is 12.6. The highest BCUT2D eigenvalue weighted by Gasteiger charge is 1.96. The van der Waals surface area contributed by atoms with E-state index in [-0.39, 0.29) is 12.4 Å². The zero-order valence-electron chi connectivity index (χ0n) is 9.30. The molecule has 0 atom stereocenters. The molecule has 0 aromatic heterocycles. The summed E-state index contributed by atoms with van der Waals surface area (Å²) < 4.78 is 10.0. The maximum absolute atomic E-state index is 8.55. The molecule has 0 aliphatic heterocycles. The van der Waals surface area contributed by atoms with Gasteiger partial charge >= 0.3 is 0 Å². The molecule has 0 radical (unpaired) electrons. The predicted octanol–water partition coefficient (Wildman–Crippen LogP) is 2.01. The molecule has 1 rings (SSSR count). The Morgan fingerprint density at radius 1 is 1.41 bits per heavy atom. The van der Waals surface area contributed by atoms with Gasteiger partial charge in [-0.25, -0.2) is 0 Å². The van der Waals surface area contributed by atoms with Crippen molar-refractivity contribution in [3.05, 3.63) is 36.0 Å². The van der Waals surface area contributed by atoms with E-state index in [2.05, 4.69) is 5.32 Å². The third-order valence-corrected chi connectivity index (χ3v) is 1.80. The summed E-state index contributed by atoms with van der Waals surface area (Å²) >= 11 is 0. The summed E-state index contributed by atoms with van der Waals surface area (Å²) in [6, 6.07) is 10.6. The van der Waals surface area contributed by atoms with Gasteiger partial charge in [-0.05, 0) is 12.1 Å². The molecule has 0 unspecified atom stereocenters. The number of methoxy groups -OCH3 is 1. The lowest BCUT2D eigenvalue weighted by Crippen LogP contribution is -1.99. The Morgan fingerprint density at radius 3 is 2.82 bits per heavy atom. The summed E-state index contributed by atoms with van der Waals surface area (Å²) in [6.07, 6.45) is 1.34. The lowest BCUT2D eigenvalue weighted by molar-refractivity contribution is 0.0512. The SMILES string of the molecule is COCOc1cccc(NC=C(C#N)C#N)c1. The Bertz CT molecular complexity index is 467. The van der Waals surface area contributed by atoms with E-state index in [4.69, 9.17) is 20.0 Å². The van der Waals surface area contributed by atoms with Crippen LogP contribution in [0.4, 0.5) is 5.69 Å². The van der Waals surface area contributed by atoms with Gasteiger partial charge in [0.1, 0.15) is 23.5 Å². The average Bonchev–Trinajstić information content (AvgIpc) is 2.38. The van der Waals surface area contributed by atoms with E-state index in [0.29, 0.717) is 5.75 Å². The number of benzene rings is 1. The van der Waals surface area contributed by atoms with Crippen LogP contribution >= 0.6 is 0 Å². The first-order chi connectivity index (χ1) is 8.30. The highest BCUT2D eigenvalue weighted by atomic mass is 16.7. The molecule has 1 aromatic carbocycles. The van der Waals surface area contributed by atoms with Gasteiger partial charge in [0.25, 0.3) is 0 Å². The van der Waals surface area contributed by atoms with Crippen molar-refractivity contribution in [3.63, 3.8) is 0 Å². The first-order valence-electron chi connectivity index (χ1n) is 4.79. The van der Waals surface area contributed by atoms with E-state index in [1.807, 2.05) is 0 Å². The van der Waals surface area contributed by atoms with Crippen molar-refractivity contribution in [3.8, 4) is 17.9 Å². The molecule has 0 heterocycles. The number of rotatable bonds is 5. The minimum Gasteiger partial charge on any atom is -0.467 e. The van der Waals surface area contributed by atoms with Crippen molar-refractivity contribution in [2.45, 2.75) is 0 Å². The lowest BCUT2D eigenvalue weighted by atomic mass is 10.3. The van der Waals surface area contributed by atoms with E-state index in [0.717, 1.165) is 5.69 Å². The van der Waals surface area contributed by atoms with Crippen LogP contribution in [0.25, 0.3) is 0 Å². The van der Waals surface area contributed by atoms with Gasteiger partial charge < -0.3 is 14.8 Å². The number of ether oxygens (including phenoxy) is 2. The van der Waals surface area contributed by atoms with Crippen LogP contribution in [-0.2, 0) is 4.74 Å². The molecule has 5 heteroatoms. The van der Waals surface area contributed by atoms with Crippen LogP contribution in [0.1, 0.15) is 0 Å². The van der Waals surface area contributed by atoms with Crippen LogP contribution in [0, 0.1) is 22.7 Å². The second-order valence-electron chi connectivity index (χ2n) is 3.00. The Hall–Kier alpha value is -2.50. The molecule has 17 heavy (non-hydrogen) atoms. The number of nitrogens with one attached hydrogen (secondary N) is 1. The molecule has 0 spiro atoms. The summed E-state index contributed by atoms with van der Waals surface area (Å²) in [4.78, 5) is 0. The Morgan fingerprint density at radius 2 is 2.18 bits per heavy atom. The number of hydrogen-bond acceptors (Lipinski definition) is 5. The summed E-state index contributed by atoms with van der Waals surface area (Å²) in [7, 11) is 1.54. The van der Waals surface area contributed by atoms with E-state index in [1.54, 1.807) is 36.4 Å². The van der Waals surface area contributed by atoms with Gasteiger partial charge in [0, 0.05) is 25.1 Å². The predicted molar refractivity (Wildman–Crippen MR) is 61.9 cm³/mol. The van der Waals surface area contributed by atoms with Crippen LogP contribution in [0.2, 0.25) is 0 Å². The number of hydrogen-bond donors (Lipinski definition) is 1. The minimum absolute atomic E-state index is 0.00760. The Balaban J connectivity index is 2.70. The molecular weight excluding hydrogens is 218 g/mol. The highest BCUT2D eigenvalue weighted by molar-refractivity contribution is 5.52. The molecule has 0 bridgehead atoms. The fourth-order valence-corrected chi connectivity index (χ4v) is 1.05. The van der Waals surface area contributed by atoms with Crippen LogP contribution in [-0.4, -0.2) is 13.9 Å². The fraction of sp³-hybridized carbons (Fsp3) is 0.167. The summed E-state index contributed by atoms with van der Waals surface area (Å²) in [5.74, 6) is 0.640. The molecule has 0 saturated heterocycles. The van der Waals surface area contributed by atoms with E-state index in [9.17, 15) is 0 Å². The average molecular weight is 229 g/mol. The molecule has 86 valence electrons. The lowest BCUT2D eigenvalue weighted by Gasteiger charge is -2.06. The minimum atomic E-state index is 0.00760. The molecule has 1 aromatic rings. The monoisotopic (exact) mass is 229 g/mol. The van der Waals surface area contributed by atoms with E-state index >= 15 is 0 Å². The van der Waals surface area contributed by atoms with Gasteiger partial charge in [0.15, 0.2) is 6.79 Å². The number of nitrogens with zero attached hydrogens (tertiary/aromatic N) is 2. The zero-order valence-corrected chi connectivity index (χ0v) is 9.30. The second-order valence-corrected chi connectivity index (χ2v) is 3.00. The third kappa shape index (κ3) is 4.25. The molecule has 5 nitrogen and oxygen atoms in total. The third-order valence-electron chi connectivity index (χ3n) is 1.80. The zero-order chi connectivity index (χ0) is 12.5. The van der Waals surface area contributed by atoms with Crippen molar-refractivity contribution in [1.29, 1.82) is 10.5 Å². The number of allylic oxidation sites excluding steroid dienone is 1. The quantitative estimate of drug-likeness (QED) is 0.617. The molecule has 1 N–H and O–H groups in total. The number of nitriles is 2. The molecule has 0 amide bonds. The Labute approximate surface area is 99.5 Å². The Kier molecular flexibility index (Phi) is 5.09. The first-order valence-corrected chi connectivity index (χ1v) is 4.79. The molecule has 0 fully saturated rings. The van der Waals surface area contributed by atoms with Crippen molar-refractivity contribution < 1.29 is 9.47 Å². The summed E-state index contributed by atoms with van der Waals surface area (Å²) in [6.45, 7) is 0.168. The topological polar surface area (TPSA) is 78.1 Å². The molecular formula is C12H11N3O2. The van der Waals surface area contributed by atoms with Crippen LogP contribution in [0.5, 0.6) is 5.75 Å². The van der Waals surface area contributed by atoms with Gasteiger partial charge in [-0.1, -0.05) is 6.07 Å². The molecule has 0 saturated carbocycles.